The number of fused-ring (bicyclic) bond motifs is 2. The fourth-order valence-electron chi connectivity index (χ4n) is 3.49. The third kappa shape index (κ3) is 1.82. The lowest BCUT2D eigenvalue weighted by Crippen LogP contribution is -2.53. The predicted molar refractivity (Wildman–Crippen MR) is 60.1 cm³/mol. The van der Waals surface area contributed by atoms with Crippen LogP contribution in [0.2, 0.25) is 0 Å². The minimum absolute atomic E-state index is 0.0206. The van der Waals surface area contributed by atoms with Gasteiger partial charge in [-0.1, -0.05) is 0 Å². The van der Waals surface area contributed by atoms with Crippen LogP contribution in [0, 0.1) is 0 Å². The molecule has 2 unspecified atom stereocenters. The van der Waals surface area contributed by atoms with Gasteiger partial charge in [0.1, 0.15) is 6.04 Å². The van der Waals surface area contributed by atoms with Crippen LogP contribution in [0.3, 0.4) is 0 Å². The molecule has 3 aliphatic heterocycles. The van der Waals surface area contributed by atoms with Crippen molar-refractivity contribution in [3.63, 3.8) is 0 Å². The number of carbonyl (C=O) groups excluding carboxylic acids is 2. The first-order chi connectivity index (χ1) is 8.15. The van der Waals surface area contributed by atoms with E-state index >= 15 is 0 Å². The van der Waals surface area contributed by atoms with E-state index in [2.05, 4.69) is 5.32 Å². The molecular weight excluding hydrogens is 220 g/mol. The zero-order chi connectivity index (χ0) is 12.0. The third-order valence-electron chi connectivity index (χ3n) is 4.26. The highest BCUT2D eigenvalue weighted by atomic mass is 16.3. The molecule has 2 bridgehead atoms. The van der Waals surface area contributed by atoms with Gasteiger partial charge >= 0.3 is 0 Å². The molecule has 0 spiro atoms. The van der Waals surface area contributed by atoms with Crippen LogP contribution in [-0.4, -0.2) is 46.1 Å². The monoisotopic (exact) mass is 238 g/mol. The van der Waals surface area contributed by atoms with E-state index in [1.54, 1.807) is 0 Å². The smallest absolute Gasteiger partial charge is 0.245 e. The molecule has 0 aromatic rings. The second-order valence-corrected chi connectivity index (χ2v) is 5.41. The first-order valence-corrected chi connectivity index (χ1v) is 6.45. The van der Waals surface area contributed by atoms with Gasteiger partial charge in [-0.3, -0.25) is 9.59 Å². The zero-order valence-electron chi connectivity index (χ0n) is 9.76. The van der Waals surface area contributed by atoms with Gasteiger partial charge < -0.3 is 15.3 Å². The van der Waals surface area contributed by atoms with Crippen molar-refractivity contribution in [3.8, 4) is 0 Å². The summed E-state index contributed by atoms with van der Waals surface area (Å²) in [5.74, 6) is 0.0444. The number of hydrogen-bond acceptors (Lipinski definition) is 3. The Morgan fingerprint density at radius 3 is 2.41 bits per heavy atom. The van der Waals surface area contributed by atoms with Crippen LogP contribution in [0.15, 0.2) is 0 Å². The standard InChI is InChI=1S/C12H18N2O3/c15-9-5-7-1-2-8(6-9)14(7)12(17)10-3-4-11(16)13-10/h7-10,15H,1-6H2,(H,13,16)/t7?,8?,9?,10-/m0/s1. The van der Waals surface area contributed by atoms with Gasteiger partial charge in [-0.2, -0.15) is 0 Å². The zero-order valence-corrected chi connectivity index (χ0v) is 9.76. The van der Waals surface area contributed by atoms with Crippen molar-refractivity contribution >= 4 is 11.8 Å². The second kappa shape index (κ2) is 3.98. The van der Waals surface area contributed by atoms with Crippen molar-refractivity contribution < 1.29 is 14.7 Å². The molecule has 3 heterocycles. The predicted octanol–water partition coefficient (Wildman–Crippen LogP) is -0.221. The van der Waals surface area contributed by atoms with Crippen LogP contribution in [0.1, 0.15) is 38.5 Å². The molecule has 0 aliphatic carbocycles. The van der Waals surface area contributed by atoms with Gasteiger partial charge in [-0.15, -0.1) is 0 Å². The lowest BCUT2D eigenvalue weighted by atomic mass is 9.98. The molecule has 5 nitrogen and oxygen atoms in total. The number of nitrogens with one attached hydrogen (secondary N) is 1. The molecule has 3 fully saturated rings. The van der Waals surface area contributed by atoms with Crippen molar-refractivity contribution in [3.05, 3.63) is 0 Å². The van der Waals surface area contributed by atoms with Crippen molar-refractivity contribution in [2.24, 2.45) is 0 Å². The Balaban J connectivity index is 1.72. The van der Waals surface area contributed by atoms with Gasteiger partial charge in [0.2, 0.25) is 11.8 Å². The molecule has 17 heavy (non-hydrogen) atoms. The quantitative estimate of drug-likeness (QED) is 0.663. The number of hydrogen-bond donors (Lipinski definition) is 2. The number of piperidine rings is 1. The van der Waals surface area contributed by atoms with E-state index in [-0.39, 0.29) is 36.0 Å². The van der Waals surface area contributed by atoms with E-state index < -0.39 is 0 Å². The Hall–Kier alpha value is -1.10. The molecule has 94 valence electrons. The van der Waals surface area contributed by atoms with Crippen molar-refractivity contribution in [2.75, 3.05) is 0 Å². The average molecular weight is 238 g/mol. The molecule has 3 rings (SSSR count). The number of carbonyl (C=O) groups is 2. The second-order valence-electron chi connectivity index (χ2n) is 5.41. The van der Waals surface area contributed by atoms with Crippen LogP contribution in [0.4, 0.5) is 0 Å². The van der Waals surface area contributed by atoms with Crippen LogP contribution >= 0.6 is 0 Å². The van der Waals surface area contributed by atoms with E-state index in [1.807, 2.05) is 4.90 Å². The summed E-state index contributed by atoms with van der Waals surface area (Å²) in [7, 11) is 0. The number of aliphatic hydroxyl groups excluding tert-OH is 1. The first kappa shape index (κ1) is 11.0. The minimum atomic E-state index is -0.319. The Morgan fingerprint density at radius 2 is 1.88 bits per heavy atom. The number of rotatable bonds is 1. The number of nitrogens with zero attached hydrogens (tertiary/aromatic N) is 1. The molecule has 3 atom stereocenters. The van der Waals surface area contributed by atoms with E-state index in [0.717, 1.165) is 12.8 Å². The van der Waals surface area contributed by atoms with E-state index in [0.29, 0.717) is 25.7 Å². The van der Waals surface area contributed by atoms with Crippen molar-refractivity contribution in [1.82, 2.24) is 10.2 Å². The fourth-order valence-corrected chi connectivity index (χ4v) is 3.49. The van der Waals surface area contributed by atoms with Gasteiger partial charge in [0.25, 0.3) is 0 Å². The Labute approximate surface area is 100 Å². The molecule has 0 aromatic carbocycles. The molecule has 3 aliphatic rings. The van der Waals surface area contributed by atoms with Gasteiger partial charge in [0.05, 0.1) is 6.10 Å². The number of amides is 2. The van der Waals surface area contributed by atoms with E-state index in [9.17, 15) is 14.7 Å². The molecule has 2 N–H and O–H groups in total. The molecule has 0 aromatic heterocycles. The van der Waals surface area contributed by atoms with Crippen LogP contribution in [-0.2, 0) is 9.59 Å². The first-order valence-electron chi connectivity index (χ1n) is 6.45. The summed E-state index contributed by atoms with van der Waals surface area (Å²) in [5.41, 5.74) is 0. The maximum absolute atomic E-state index is 12.3. The summed E-state index contributed by atoms with van der Waals surface area (Å²) in [6, 6.07) is 0.0587. The highest BCUT2D eigenvalue weighted by Gasteiger charge is 2.45. The van der Waals surface area contributed by atoms with Gasteiger partial charge in [0, 0.05) is 18.5 Å². The summed E-state index contributed by atoms with van der Waals surface area (Å²) in [6.45, 7) is 0. The molecule has 2 amide bonds. The van der Waals surface area contributed by atoms with Crippen LogP contribution in [0.25, 0.3) is 0 Å². The Morgan fingerprint density at radius 1 is 1.24 bits per heavy atom. The summed E-state index contributed by atoms with van der Waals surface area (Å²) in [5, 5.41) is 12.4. The van der Waals surface area contributed by atoms with Gasteiger partial charge in [0.15, 0.2) is 0 Å². The fraction of sp³-hybridized carbons (Fsp3) is 0.833. The molecule has 3 saturated heterocycles. The Bertz CT molecular complexity index is 344. The Kier molecular flexibility index (Phi) is 2.58. The van der Waals surface area contributed by atoms with Crippen molar-refractivity contribution in [1.29, 1.82) is 0 Å². The maximum Gasteiger partial charge on any atom is 0.245 e. The molecule has 0 saturated carbocycles. The van der Waals surface area contributed by atoms with Gasteiger partial charge in [-0.05, 0) is 32.1 Å². The third-order valence-corrected chi connectivity index (χ3v) is 4.26. The maximum atomic E-state index is 12.3. The number of aliphatic hydroxyl groups is 1. The van der Waals surface area contributed by atoms with Gasteiger partial charge in [-0.25, -0.2) is 0 Å². The molecule has 0 radical (unpaired) electrons. The topological polar surface area (TPSA) is 69.6 Å². The summed E-state index contributed by atoms with van der Waals surface area (Å²) >= 11 is 0. The summed E-state index contributed by atoms with van der Waals surface area (Å²) in [6.07, 6.45) is 4.21. The SMILES string of the molecule is O=C1CC[C@@H](C(=O)N2C3CCC2CC(O)C3)N1. The minimum Gasteiger partial charge on any atom is -0.393 e. The van der Waals surface area contributed by atoms with E-state index in [1.165, 1.54) is 0 Å². The lowest BCUT2D eigenvalue weighted by Gasteiger charge is -2.38. The summed E-state index contributed by atoms with van der Waals surface area (Å²) < 4.78 is 0. The highest BCUT2D eigenvalue weighted by Crippen LogP contribution is 2.36. The average Bonchev–Trinajstić information content (AvgIpc) is 2.81. The largest absolute Gasteiger partial charge is 0.393 e. The van der Waals surface area contributed by atoms with Crippen LogP contribution in [0.5, 0.6) is 0 Å². The highest BCUT2D eigenvalue weighted by molar-refractivity contribution is 5.91. The lowest BCUT2D eigenvalue weighted by molar-refractivity contribution is -0.140. The normalized spacial score (nSPS) is 40.5. The van der Waals surface area contributed by atoms with Crippen LogP contribution < -0.4 is 5.32 Å². The van der Waals surface area contributed by atoms with E-state index in [4.69, 9.17) is 0 Å². The molecular formula is C12H18N2O3. The molecule has 5 heteroatoms. The summed E-state index contributed by atoms with van der Waals surface area (Å²) in [4.78, 5) is 25.4. The van der Waals surface area contributed by atoms with Crippen molar-refractivity contribution in [2.45, 2.75) is 62.8 Å².